The third-order valence-corrected chi connectivity index (χ3v) is 20.6. The number of rotatable bonds is 3. The van der Waals surface area contributed by atoms with Crippen molar-refractivity contribution in [2.75, 3.05) is 14.7 Å². The van der Waals surface area contributed by atoms with Gasteiger partial charge >= 0.3 is 0 Å². The van der Waals surface area contributed by atoms with Gasteiger partial charge in [0.2, 0.25) is 0 Å². The molecule has 1 saturated carbocycles. The Morgan fingerprint density at radius 1 is 0.432 bits per heavy atom. The predicted molar refractivity (Wildman–Crippen MR) is 325 cm³/mol. The van der Waals surface area contributed by atoms with Gasteiger partial charge in [-0.2, -0.15) is 0 Å². The van der Waals surface area contributed by atoms with Crippen molar-refractivity contribution in [3.63, 3.8) is 0 Å². The SMILES string of the molecule is CC(C)(C)c1ccc2c(c1)N(c1ccc3sc4ccccc4c3c1)c1cc(N3c4ccc(C(C)(C)C)cc4C4(C)CCCCC34C)cc3c1B2c1ccc(C(C)(C)C)cc1N3c1cccc2c1sc1ccccc12. The molecule has 8 aromatic carbocycles. The molecule has 2 atom stereocenters. The average molecular weight is 1000 g/mol. The van der Waals surface area contributed by atoms with Gasteiger partial charge in [0.05, 0.1) is 15.9 Å². The first-order chi connectivity index (χ1) is 35.3. The maximum Gasteiger partial charge on any atom is 0.252 e. The summed E-state index contributed by atoms with van der Waals surface area (Å²) in [6.45, 7) is 26.5. The van der Waals surface area contributed by atoms with E-state index in [9.17, 15) is 0 Å². The largest absolute Gasteiger partial charge is 0.334 e. The maximum atomic E-state index is 2.84. The van der Waals surface area contributed by atoms with Crippen molar-refractivity contribution in [2.45, 2.75) is 129 Å². The average Bonchev–Trinajstić information content (AvgIpc) is 4.02. The highest BCUT2D eigenvalue weighted by atomic mass is 32.1. The zero-order chi connectivity index (χ0) is 51.0. The van der Waals surface area contributed by atoms with Gasteiger partial charge in [-0.3, -0.25) is 0 Å². The van der Waals surface area contributed by atoms with Crippen molar-refractivity contribution in [1.82, 2.24) is 0 Å². The zero-order valence-corrected chi connectivity index (χ0v) is 46.6. The third kappa shape index (κ3) is 6.49. The number of fused-ring (bicyclic) bond motifs is 13. The fourth-order valence-corrected chi connectivity index (χ4v) is 16.2. The minimum absolute atomic E-state index is 0.00218. The molecule has 2 aromatic heterocycles. The van der Waals surface area contributed by atoms with E-state index in [2.05, 4.69) is 243 Å². The molecule has 2 unspecified atom stereocenters. The molecule has 1 aliphatic carbocycles. The molecule has 0 radical (unpaired) electrons. The van der Waals surface area contributed by atoms with Crippen LogP contribution in [0, 0.1) is 0 Å². The molecule has 0 N–H and O–H groups in total. The molecule has 1 fully saturated rings. The van der Waals surface area contributed by atoms with Crippen molar-refractivity contribution in [3.8, 4) is 0 Å². The summed E-state index contributed by atoms with van der Waals surface area (Å²) in [5.41, 5.74) is 19.6. The Bertz CT molecular complexity index is 4010. The van der Waals surface area contributed by atoms with Crippen molar-refractivity contribution in [2.24, 2.45) is 0 Å². The van der Waals surface area contributed by atoms with Crippen molar-refractivity contribution >= 4 is 132 Å². The van der Waals surface area contributed by atoms with Crippen LogP contribution >= 0.6 is 22.7 Å². The summed E-state index contributed by atoms with van der Waals surface area (Å²) < 4.78 is 5.30. The van der Waals surface area contributed by atoms with Crippen molar-refractivity contribution in [3.05, 3.63) is 174 Å². The number of hydrogen-bond acceptors (Lipinski definition) is 5. The van der Waals surface area contributed by atoms with Crippen LogP contribution in [0.5, 0.6) is 0 Å². The standard InChI is InChI=1S/C68H66BN3S2/c1-64(2,3)41-27-31-53-50(35-41)67(10)33-16-17-34-68(67,11)72(53)45-39-57-62-58(40-45)71(54-22-18-21-48-46-19-12-15-24-60(46)74-63(48)54)56-37-43(66(7,8)9)26-30-52(56)69(62)51-29-25-42(65(4,5)6)36-55(51)70(57)44-28-32-61-49(38-44)47-20-13-14-23-59(47)73-61/h12-15,18-32,35-40H,16-17,33-34H2,1-11H3. The molecule has 0 saturated heterocycles. The van der Waals surface area contributed by atoms with Gasteiger partial charge in [-0.1, -0.05) is 167 Å². The Kier molecular flexibility index (Phi) is 9.75. The Morgan fingerprint density at radius 2 is 0.986 bits per heavy atom. The molecule has 74 heavy (non-hydrogen) atoms. The number of anilines is 8. The van der Waals surface area contributed by atoms with Gasteiger partial charge in [-0.05, 0) is 141 Å². The molecule has 10 aromatic rings. The Labute approximate surface area is 446 Å². The van der Waals surface area contributed by atoms with Crippen LogP contribution in [-0.2, 0) is 21.7 Å². The fourth-order valence-electron chi connectivity index (χ4n) is 13.9. The Hall–Kier alpha value is -6.34. The first-order valence-corrected chi connectivity index (χ1v) is 28.8. The van der Waals surface area contributed by atoms with Crippen LogP contribution in [0.15, 0.2) is 152 Å². The summed E-state index contributed by atoms with van der Waals surface area (Å²) in [4.78, 5) is 8.24. The van der Waals surface area contributed by atoms with Gasteiger partial charge in [0.25, 0.3) is 6.71 Å². The third-order valence-electron chi connectivity index (χ3n) is 18.3. The lowest BCUT2D eigenvalue weighted by Crippen LogP contribution is -2.61. The first kappa shape index (κ1) is 46.2. The van der Waals surface area contributed by atoms with Crippen LogP contribution in [0.1, 0.15) is 124 Å². The number of thiophene rings is 2. The summed E-state index contributed by atoms with van der Waals surface area (Å²) in [6, 6.07) is 60.1. The Balaban J connectivity index is 1.14. The second-order valence-electron chi connectivity index (χ2n) is 25.7. The van der Waals surface area contributed by atoms with Crippen LogP contribution in [0.2, 0.25) is 0 Å². The monoisotopic (exact) mass is 999 g/mol. The molecule has 6 heteroatoms. The summed E-state index contributed by atoms with van der Waals surface area (Å²) in [5.74, 6) is 0. The number of nitrogens with zero attached hydrogens (tertiary/aromatic N) is 3. The molecule has 3 aliphatic heterocycles. The van der Waals surface area contributed by atoms with Crippen LogP contribution in [0.3, 0.4) is 0 Å². The highest BCUT2D eigenvalue weighted by Crippen LogP contribution is 2.62. The molecule has 3 nitrogen and oxygen atoms in total. The molecule has 368 valence electrons. The molecule has 0 amide bonds. The van der Waals surface area contributed by atoms with E-state index in [1.807, 2.05) is 22.7 Å². The second kappa shape index (κ2) is 15.6. The zero-order valence-electron chi connectivity index (χ0n) is 45.0. The van der Waals surface area contributed by atoms with Gasteiger partial charge in [-0.15, -0.1) is 22.7 Å². The molecule has 5 heterocycles. The highest BCUT2D eigenvalue weighted by molar-refractivity contribution is 7.26. The summed E-state index contributed by atoms with van der Waals surface area (Å²) in [5, 5.41) is 5.27. The number of benzene rings is 8. The molecule has 14 rings (SSSR count). The van der Waals surface area contributed by atoms with E-state index >= 15 is 0 Å². The van der Waals surface area contributed by atoms with E-state index < -0.39 is 0 Å². The molecular weight excluding hydrogens is 934 g/mol. The molecule has 4 aliphatic rings. The van der Waals surface area contributed by atoms with Crippen LogP contribution in [-0.4, -0.2) is 12.3 Å². The Morgan fingerprint density at radius 3 is 1.66 bits per heavy atom. The smallest absolute Gasteiger partial charge is 0.252 e. The van der Waals surface area contributed by atoms with Crippen LogP contribution < -0.4 is 31.1 Å². The van der Waals surface area contributed by atoms with Gasteiger partial charge < -0.3 is 14.7 Å². The lowest BCUT2D eigenvalue weighted by Gasteiger charge is -2.51. The minimum Gasteiger partial charge on any atom is -0.334 e. The first-order valence-electron chi connectivity index (χ1n) is 27.2. The predicted octanol–water partition coefficient (Wildman–Crippen LogP) is 18.1. The topological polar surface area (TPSA) is 9.72 Å². The van der Waals surface area contributed by atoms with Crippen molar-refractivity contribution in [1.29, 1.82) is 0 Å². The normalized spacial score (nSPS) is 19.3. The van der Waals surface area contributed by atoms with E-state index in [1.54, 1.807) is 0 Å². The van der Waals surface area contributed by atoms with Crippen LogP contribution in [0.4, 0.5) is 45.5 Å². The lowest BCUT2D eigenvalue weighted by molar-refractivity contribution is 0.195. The maximum absolute atomic E-state index is 2.84. The minimum atomic E-state index is -0.155. The quantitative estimate of drug-likeness (QED) is 0.163. The van der Waals surface area contributed by atoms with E-state index in [-0.39, 0.29) is 33.9 Å². The van der Waals surface area contributed by atoms with Gasteiger partial charge in [0, 0.05) is 80.9 Å². The van der Waals surface area contributed by atoms with E-state index in [0.29, 0.717) is 0 Å². The summed E-state index contributed by atoms with van der Waals surface area (Å²) in [6.07, 6.45) is 4.77. The molecular formula is C68H66BN3S2. The fraction of sp³-hybridized carbons (Fsp3) is 0.294. The summed E-state index contributed by atoms with van der Waals surface area (Å²) in [7, 11) is 0. The van der Waals surface area contributed by atoms with E-state index in [1.165, 1.54) is 144 Å². The van der Waals surface area contributed by atoms with E-state index in [4.69, 9.17) is 0 Å². The summed E-state index contributed by atoms with van der Waals surface area (Å²) >= 11 is 3.83. The van der Waals surface area contributed by atoms with Gasteiger partial charge in [-0.25, -0.2) is 0 Å². The second-order valence-corrected chi connectivity index (χ2v) is 27.8. The van der Waals surface area contributed by atoms with Crippen molar-refractivity contribution < 1.29 is 0 Å². The number of hydrogen-bond donors (Lipinski definition) is 0. The lowest BCUT2D eigenvalue weighted by atomic mass is 9.33. The van der Waals surface area contributed by atoms with E-state index in [0.717, 1.165) is 6.42 Å². The highest BCUT2D eigenvalue weighted by Gasteiger charge is 2.58. The van der Waals surface area contributed by atoms with Crippen LogP contribution in [0.25, 0.3) is 40.3 Å². The molecule has 0 spiro atoms. The van der Waals surface area contributed by atoms with Gasteiger partial charge in [0.1, 0.15) is 0 Å². The van der Waals surface area contributed by atoms with Gasteiger partial charge in [0.15, 0.2) is 0 Å². The molecule has 0 bridgehead atoms.